The van der Waals surface area contributed by atoms with Gasteiger partial charge in [-0.15, -0.1) is 0 Å². The summed E-state index contributed by atoms with van der Waals surface area (Å²) in [5, 5.41) is 11.9. The number of ether oxygens (including phenoxy) is 1. The van der Waals surface area contributed by atoms with Gasteiger partial charge in [0, 0.05) is 6.54 Å². The Bertz CT molecular complexity index is 309. The smallest absolute Gasteiger partial charge is 0.125 e. The Morgan fingerprint density at radius 1 is 1.40 bits per heavy atom. The van der Waals surface area contributed by atoms with Gasteiger partial charge in [0.05, 0.1) is 30.5 Å². The monoisotopic (exact) mass is 233 g/mol. The third-order valence-electron chi connectivity index (χ3n) is 1.73. The Kier molecular flexibility index (Phi) is 5.39. The van der Waals surface area contributed by atoms with Gasteiger partial charge >= 0.3 is 0 Å². The molecule has 0 aliphatic rings. The molecule has 0 saturated heterocycles. The molecule has 0 fully saturated rings. The second kappa shape index (κ2) is 6.61. The van der Waals surface area contributed by atoms with Crippen LogP contribution in [0.3, 0.4) is 0 Å². The molecular weight excluding hydrogens is 221 g/mol. The lowest BCUT2D eigenvalue weighted by molar-refractivity contribution is 0.0992. The molecule has 0 aliphatic carbocycles. The van der Waals surface area contributed by atoms with E-state index in [0.717, 1.165) is 0 Å². The molecule has 1 rings (SSSR count). The van der Waals surface area contributed by atoms with Crippen LogP contribution in [0.5, 0.6) is 0 Å². The summed E-state index contributed by atoms with van der Waals surface area (Å²) >= 11 is 5.83. The van der Waals surface area contributed by atoms with Crippen LogP contribution in [0.25, 0.3) is 0 Å². The van der Waals surface area contributed by atoms with Gasteiger partial charge in [-0.25, -0.2) is 4.39 Å². The maximum Gasteiger partial charge on any atom is 0.125 e. The van der Waals surface area contributed by atoms with Crippen molar-refractivity contribution in [3.63, 3.8) is 0 Å². The van der Waals surface area contributed by atoms with E-state index in [-0.39, 0.29) is 12.4 Å². The number of rotatable bonds is 6. The zero-order chi connectivity index (χ0) is 11.1. The molecule has 1 aromatic carbocycles. The van der Waals surface area contributed by atoms with Crippen LogP contribution in [-0.2, 0) is 4.74 Å². The fourth-order valence-corrected chi connectivity index (χ4v) is 1.24. The van der Waals surface area contributed by atoms with Crippen LogP contribution < -0.4 is 5.32 Å². The van der Waals surface area contributed by atoms with Gasteiger partial charge in [-0.05, 0) is 18.2 Å². The van der Waals surface area contributed by atoms with Crippen LogP contribution in [0.1, 0.15) is 0 Å². The molecular formula is C10H13ClFNO2. The topological polar surface area (TPSA) is 41.5 Å². The van der Waals surface area contributed by atoms with Crippen LogP contribution in [0, 0.1) is 5.82 Å². The van der Waals surface area contributed by atoms with Crippen molar-refractivity contribution < 1.29 is 14.2 Å². The lowest BCUT2D eigenvalue weighted by Crippen LogP contribution is -2.11. The van der Waals surface area contributed by atoms with Crippen LogP contribution >= 0.6 is 11.6 Å². The summed E-state index contributed by atoms with van der Waals surface area (Å²) in [6.45, 7) is 1.26. The van der Waals surface area contributed by atoms with Gasteiger partial charge < -0.3 is 15.2 Å². The van der Waals surface area contributed by atoms with Crippen LogP contribution in [-0.4, -0.2) is 31.5 Å². The number of benzene rings is 1. The van der Waals surface area contributed by atoms with Gasteiger partial charge in [0.15, 0.2) is 0 Å². The zero-order valence-electron chi connectivity index (χ0n) is 8.17. The highest BCUT2D eigenvalue weighted by atomic mass is 35.5. The van der Waals surface area contributed by atoms with E-state index in [0.29, 0.717) is 30.5 Å². The second-order valence-corrected chi connectivity index (χ2v) is 3.29. The average Bonchev–Trinajstić information content (AvgIpc) is 2.23. The molecule has 15 heavy (non-hydrogen) atoms. The van der Waals surface area contributed by atoms with Crippen molar-refractivity contribution in [3.8, 4) is 0 Å². The van der Waals surface area contributed by atoms with Crippen molar-refractivity contribution in [2.24, 2.45) is 0 Å². The van der Waals surface area contributed by atoms with E-state index in [4.69, 9.17) is 21.4 Å². The minimum atomic E-state index is -0.335. The van der Waals surface area contributed by atoms with Gasteiger partial charge in [0.2, 0.25) is 0 Å². The van der Waals surface area contributed by atoms with Gasteiger partial charge in [-0.3, -0.25) is 0 Å². The molecule has 0 amide bonds. The Morgan fingerprint density at radius 2 is 2.20 bits per heavy atom. The van der Waals surface area contributed by atoms with Crippen molar-refractivity contribution in [3.05, 3.63) is 29.0 Å². The molecule has 0 radical (unpaired) electrons. The molecule has 3 nitrogen and oxygen atoms in total. The Hall–Kier alpha value is -0.840. The van der Waals surface area contributed by atoms with Crippen molar-refractivity contribution in [2.75, 3.05) is 31.7 Å². The van der Waals surface area contributed by atoms with Gasteiger partial charge in [0.1, 0.15) is 5.82 Å². The summed E-state index contributed by atoms with van der Waals surface area (Å²) in [5.41, 5.74) is 0.546. The summed E-state index contributed by atoms with van der Waals surface area (Å²) < 4.78 is 17.8. The number of nitrogens with one attached hydrogen (secondary N) is 1. The minimum Gasteiger partial charge on any atom is -0.394 e. The SMILES string of the molecule is OCCOCCNc1cc(F)ccc1Cl. The van der Waals surface area contributed by atoms with Crippen LogP contribution in [0.4, 0.5) is 10.1 Å². The molecule has 0 aliphatic heterocycles. The third-order valence-corrected chi connectivity index (χ3v) is 2.06. The second-order valence-electron chi connectivity index (χ2n) is 2.89. The van der Waals surface area contributed by atoms with E-state index in [1.807, 2.05) is 0 Å². The van der Waals surface area contributed by atoms with E-state index in [1.54, 1.807) is 0 Å². The molecule has 1 aromatic rings. The van der Waals surface area contributed by atoms with E-state index >= 15 is 0 Å². The van der Waals surface area contributed by atoms with Crippen LogP contribution in [0.15, 0.2) is 18.2 Å². The number of aliphatic hydroxyl groups excluding tert-OH is 1. The Labute approximate surface area is 92.8 Å². The molecule has 0 heterocycles. The molecule has 0 bridgehead atoms. The molecule has 0 spiro atoms. The van der Waals surface area contributed by atoms with E-state index < -0.39 is 0 Å². The molecule has 5 heteroatoms. The summed E-state index contributed by atoms with van der Waals surface area (Å²) in [4.78, 5) is 0. The standard InChI is InChI=1S/C10H13ClFNO2/c11-9-2-1-8(12)7-10(9)13-3-5-15-6-4-14/h1-2,7,13-14H,3-6H2. The minimum absolute atomic E-state index is 0.000716. The molecule has 0 atom stereocenters. The van der Waals surface area contributed by atoms with Crippen LogP contribution in [0.2, 0.25) is 5.02 Å². The third kappa shape index (κ3) is 4.46. The first kappa shape index (κ1) is 12.2. The summed E-state index contributed by atoms with van der Waals surface area (Å²) in [5.74, 6) is -0.335. The average molecular weight is 234 g/mol. The van der Waals surface area contributed by atoms with Crippen molar-refractivity contribution in [1.29, 1.82) is 0 Å². The highest BCUT2D eigenvalue weighted by Crippen LogP contribution is 2.21. The lowest BCUT2D eigenvalue weighted by atomic mass is 10.3. The van der Waals surface area contributed by atoms with Crippen molar-refractivity contribution in [2.45, 2.75) is 0 Å². The van der Waals surface area contributed by atoms with Gasteiger partial charge in [-0.2, -0.15) is 0 Å². The zero-order valence-corrected chi connectivity index (χ0v) is 8.93. The fraction of sp³-hybridized carbons (Fsp3) is 0.400. The number of anilines is 1. The van der Waals surface area contributed by atoms with Gasteiger partial charge in [0.25, 0.3) is 0 Å². The highest BCUT2D eigenvalue weighted by molar-refractivity contribution is 6.33. The first-order valence-corrected chi connectivity index (χ1v) is 4.99. The Balaban J connectivity index is 2.33. The first-order valence-electron chi connectivity index (χ1n) is 4.61. The highest BCUT2D eigenvalue weighted by Gasteiger charge is 2.00. The molecule has 0 saturated carbocycles. The van der Waals surface area contributed by atoms with E-state index in [1.165, 1.54) is 18.2 Å². The van der Waals surface area contributed by atoms with E-state index in [9.17, 15) is 4.39 Å². The summed E-state index contributed by atoms with van der Waals surface area (Å²) in [6, 6.07) is 4.12. The lowest BCUT2D eigenvalue weighted by Gasteiger charge is -2.08. The maximum absolute atomic E-state index is 12.8. The molecule has 2 N–H and O–H groups in total. The number of hydrogen-bond donors (Lipinski definition) is 2. The summed E-state index contributed by atoms with van der Waals surface area (Å²) in [7, 11) is 0. The number of halogens is 2. The number of hydrogen-bond acceptors (Lipinski definition) is 3. The molecule has 0 aromatic heterocycles. The maximum atomic E-state index is 12.8. The number of aliphatic hydroxyl groups is 1. The van der Waals surface area contributed by atoms with Gasteiger partial charge in [-0.1, -0.05) is 11.6 Å². The normalized spacial score (nSPS) is 10.3. The predicted octanol–water partition coefficient (Wildman–Crippen LogP) is 1.90. The molecule has 84 valence electrons. The molecule has 0 unspecified atom stereocenters. The Morgan fingerprint density at radius 3 is 2.93 bits per heavy atom. The quantitative estimate of drug-likeness (QED) is 0.738. The predicted molar refractivity (Wildman–Crippen MR) is 57.8 cm³/mol. The van der Waals surface area contributed by atoms with Crippen molar-refractivity contribution in [1.82, 2.24) is 0 Å². The summed E-state index contributed by atoms with van der Waals surface area (Å²) in [6.07, 6.45) is 0. The van der Waals surface area contributed by atoms with Crippen molar-refractivity contribution >= 4 is 17.3 Å². The largest absolute Gasteiger partial charge is 0.394 e. The first-order chi connectivity index (χ1) is 7.24. The fourth-order valence-electron chi connectivity index (χ4n) is 1.06. The van der Waals surface area contributed by atoms with E-state index in [2.05, 4.69) is 5.32 Å².